The van der Waals surface area contributed by atoms with Gasteiger partial charge in [0.1, 0.15) is 6.61 Å². The molecule has 0 spiro atoms. The van der Waals surface area contributed by atoms with E-state index in [-0.39, 0.29) is 6.61 Å². The summed E-state index contributed by atoms with van der Waals surface area (Å²) in [5.41, 5.74) is 1.47. The van der Waals surface area contributed by atoms with Crippen molar-refractivity contribution < 1.29 is 14.6 Å². The van der Waals surface area contributed by atoms with E-state index in [0.29, 0.717) is 12.0 Å². The second kappa shape index (κ2) is 8.27. The molecule has 1 unspecified atom stereocenters. The molecule has 0 aliphatic carbocycles. The first-order valence-corrected chi connectivity index (χ1v) is 6.32. The lowest BCUT2D eigenvalue weighted by molar-refractivity contribution is -0.141. The van der Waals surface area contributed by atoms with Crippen LogP contribution in [0.3, 0.4) is 0 Å². The molecular weight excluding hydrogens is 240 g/mol. The van der Waals surface area contributed by atoms with Crippen LogP contribution in [0.25, 0.3) is 6.08 Å². The summed E-state index contributed by atoms with van der Waals surface area (Å²) < 4.78 is 4.87. The van der Waals surface area contributed by atoms with E-state index in [1.54, 1.807) is 6.92 Å². The molecule has 1 N–H and O–H groups in total. The molecule has 0 heterocycles. The average Bonchev–Trinajstić information content (AvgIpc) is 2.42. The monoisotopic (exact) mass is 260 g/mol. The predicted octanol–water partition coefficient (Wildman–Crippen LogP) is 2.96. The molecule has 0 saturated carbocycles. The molecular formula is C16H20O3. The van der Waals surface area contributed by atoms with Crippen molar-refractivity contribution in [2.75, 3.05) is 6.61 Å². The molecule has 1 aromatic rings. The van der Waals surface area contributed by atoms with Gasteiger partial charge >= 0.3 is 5.97 Å². The molecule has 1 rings (SSSR count). The maximum Gasteiger partial charge on any atom is 0.333 e. The van der Waals surface area contributed by atoms with Crippen molar-refractivity contribution in [3.8, 4) is 0 Å². The number of esters is 1. The van der Waals surface area contributed by atoms with Gasteiger partial charge in [-0.15, -0.1) is 0 Å². The Kier molecular flexibility index (Phi) is 6.61. The Hall–Kier alpha value is -1.87. The molecule has 0 fully saturated rings. The fourth-order valence-electron chi connectivity index (χ4n) is 1.45. The molecule has 0 aliphatic heterocycles. The molecule has 0 bridgehead atoms. The van der Waals surface area contributed by atoms with E-state index < -0.39 is 12.1 Å². The number of rotatable bonds is 7. The van der Waals surface area contributed by atoms with Crippen molar-refractivity contribution in [3.05, 3.63) is 54.1 Å². The largest absolute Gasteiger partial charge is 0.460 e. The highest BCUT2D eigenvalue weighted by Crippen LogP contribution is 2.05. The molecule has 3 heteroatoms. The summed E-state index contributed by atoms with van der Waals surface area (Å²) in [5, 5.41) is 9.64. The van der Waals surface area contributed by atoms with Gasteiger partial charge in [-0.25, -0.2) is 4.79 Å². The molecule has 0 radical (unpaired) electrons. The van der Waals surface area contributed by atoms with Crippen LogP contribution in [0, 0.1) is 0 Å². The maximum absolute atomic E-state index is 11.1. The summed E-state index contributed by atoms with van der Waals surface area (Å²) >= 11 is 0. The second-order valence-electron chi connectivity index (χ2n) is 4.42. The molecule has 102 valence electrons. The smallest absolute Gasteiger partial charge is 0.333 e. The van der Waals surface area contributed by atoms with E-state index in [0.717, 1.165) is 12.0 Å². The molecule has 0 aliphatic rings. The van der Waals surface area contributed by atoms with E-state index in [1.807, 2.05) is 42.5 Å². The quantitative estimate of drug-likeness (QED) is 0.605. The van der Waals surface area contributed by atoms with E-state index >= 15 is 0 Å². The molecule has 3 nitrogen and oxygen atoms in total. The highest BCUT2D eigenvalue weighted by molar-refractivity contribution is 5.86. The number of ether oxygens (including phenoxy) is 1. The van der Waals surface area contributed by atoms with Crippen molar-refractivity contribution in [1.29, 1.82) is 0 Å². The van der Waals surface area contributed by atoms with Gasteiger partial charge in [0.25, 0.3) is 0 Å². The maximum atomic E-state index is 11.1. The average molecular weight is 260 g/mol. The standard InChI is InChI=1S/C16H20O3/c1-13(2)16(18)19-12-15(17)11-7-6-10-14-8-4-3-5-9-14/h3-6,8-10,15,17H,1,7,11-12H2,2H3. The van der Waals surface area contributed by atoms with Crippen LogP contribution in [0.1, 0.15) is 25.3 Å². The Bertz CT molecular complexity index is 435. The summed E-state index contributed by atoms with van der Waals surface area (Å²) in [4.78, 5) is 11.1. The van der Waals surface area contributed by atoms with Crippen molar-refractivity contribution in [2.24, 2.45) is 0 Å². The summed E-state index contributed by atoms with van der Waals surface area (Å²) in [6.45, 7) is 5.07. The number of aliphatic hydroxyl groups is 1. The lowest BCUT2D eigenvalue weighted by atomic mass is 10.1. The third kappa shape index (κ3) is 6.58. The summed E-state index contributed by atoms with van der Waals surface area (Å²) in [5.74, 6) is -0.459. The predicted molar refractivity (Wildman–Crippen MR) is 76.5 cm³/mol. The number of carbonyl (C=O) groups is 1. The zero-order chi connectivity index (χ0) is 14.1. The van der Waals surface area contributed by atoms with Gasteiger partial charge in [-0.2, -0.15) is 0 Å². The van der Waals surface area contributed by atoms with Gasteiger partial charge in [0.15, 0.2) is 0 Å². The highest BCUT2D eigenvalue weighted by atomic mass is 16.5. The van der Waals surface area contributed by atoms with Crippen LogP contribution in [-0.4, -0.2) is 23.8 Å². The Morgan fingerprint density at radius 1 is 1.42 bits per heavy atom. The summed E-state index contributed by atoms with van der Waals surface area (Å²) in [6, 6.07) is 9.96. The van der Waals surface area contributed by atoms with Crippen molar-refractivity contribution >= 4 is 12.0 Å². The molecule has 1 atom stereocenters. The number of hydrogen-bond donors (Lipinski definition) is 1. The Morgan fingerprint density at radius 3 is 2.74 bits per heavy atom. The number of hydrogen-bond acceptors (Lipinski definition) is 3. The fourth-order valence-corrected chi connectivity index (χ4v) is 1.45. The van der Waals surface area contributed by atoms with Crippen molar-refractivity contribution in [2.45, 2.75) is 25.9 Å². The lowest BCUT2D eigenvalue weighted by Gasteiger charge is -2.09. The zero-order valence-corrected chi connectivity index (χ0v) is 11.2. The van der Waals surface area contributed by atoms with E-state index in [9.17, 15) is 9.90 Å². The van der Waals surface area contributed by atoms with E-state index in [4.69, 9.17) is 4.74 Å². The number of aliphatic hydroxyl groups excluding tert-OH is 1. The third-order valence-electron chi connectivity index (χ3n) is 2.53. The zero-order valence-electron chi connectivity index (χ0n) is 11.2. The second-order valence-corrected chi connectivity index (χ2v) is 4.42. The number of allylic oxidation sites excluding steroid dienone is 1. The topological polar surface area (TPSA) is 46.5 Å². The van der Waals surface area contributed by atoms with Crippen molar-refractivity contribution in [1.82, 2.24) is 0 Å². The van der Waals surface area contributed by atoms with Gasteiger partial charge in [0.2, 0.25) is 0 Å². The normalized spacial score (nSPS) is 12.3. The van der Waals surface area contributed by atoms with Crippen LogP contribution in [0.4, 0.5) is 0 Å². The van der Waals surface area contributed by atoms with Crippen molar-refractivity contribution in [3.63, 3.8) is 0 Å². The number of benzene rings is 1. The SMILES string of the molecule is C=C(C)C(=O)OCC(O)CCC=Cc1ccccc1. The van der Waals surface area contributed by atoms with Crippen LogP contribution in [0.5, 0.6) is 0 Å². The van der Waals surface area contributed by atoms with Gasteiger partial charge in [0.05, 0.1) is 6.10 Å². The minimum Gasteiger partial charge on any atom is -0.460 e. The van der Waals surface area contributed by atoms with Gasteiger partial charge in [-0.3, -0.25) is 0 Å². The fraction of sp³-hybridized carbons (Fsp3) is 0.312. The van der Waals surface area contributed by atoms with Gasteiger partial charge in [-0.05, 0) is 25.3 Å². The minimum absolute atomic E-state index is 0.0187. The lowest BCUT2D eigenvalue weighted by Crippen LogP contribution is -2.18. The first-order valence-electron chi connectivity index (χ1n) is 6.32. The minimum atomic E-state index is -0.635. The van der Waals surface area contributed by atoms with Gasteiger partial charge < -0.3 is 9.84 Å². The Balaban J connectivity index is 2.20. The van der Waals surface area contributed by atoms with Crippen LogP contribution in [0.2, 0.25) is 0 Å². The van der Waals surface area contributed by atoms with Gasteiger partial charge in [0, 0.05) is 5.57 Å². The Morgan fingerprint density at radius 2 is 2.11 bits per heavy atom. The number of carbonyl (C=O) groups excluding carboxylic acids is 1. The highest BCUT2D eigenvalue weighted by Gasteiger charge is 2.08. The molecule has 0 saturated heterocycles. The van der Waals surface area contributed by atoms with Crippen LogP contribution in [0.15, 0.2) is 48.6 Å². The summed E-state index contributed by atoms with van der Waals surface area (Å²) in [7, 11) is 0. The summed E-state index contributed by atoms with van der Waals surface area (Å²) in [6.07, 6.45) is 4.67. The molecule has 19 heavy (non-hydrogen) atoms. The van der Waals surface area contributed by atoms with E-state index in [2.05, 4.69) is 6.58 Å². The molecule has 0 amide bonds. The van der Waals surface area contributed by atoms with E-state index in [1.165, 1.54) is 0 Å². The third-order valence-corrected chi connectivity index (χ3v) is 2.53. The molecule has 0 aromatic heterocycles. The Labute approximate surface area is 114 Å². The van der Waals surface area contributed by atoms with Crippen LogP contribution in [-0.2, 0) is 9.53 Å². The molecule has 1 aromatic carbocycles. The van der Waals surface area contributed by atoms with Crippen LogP contribution < -0.4 is 0 Å². The van der Waals surface area contributed by atoms with Crippen LogP contribution >= 0.6 is 0 Å². The first kappa shape index (κ1) is 15.2. The first-order chi connectivity index (χ1) is 9.09. The van der Waals surface area contributed by atoms with Gasteiger partial charge in [-0.1, -0.05) is 49.1 Å².